The van der Waals surface area contributed by atoms with Crippen molar-refractivity contribution in [1.29, 1.82) is 0 Å². The minimum Gasteiger partial charge on any atom is -0.396 e. The first-order valence-corrected chi connectivity index (χ1v) is 30.9. The molecule has 10 N–H and O–H groups in total. The number of likely N-dealkylation sites (N-methyl/N-ethyl adjacent to an activating group) is 2. The lowest BCUT2D eigenvalue weighted by molar-refractivity contribution is -0.145. The second-order valence-corrected chi connectivity index (χ2v) is 23.6. The lowest BCUT2D eigenvalue weighted by atomic mass is 9.81. The van der Waals surface area contributed by atoms with Gasteiger partial charge in [0.1, 0.15) is 24.2 Å². The third kappa shape index (κ3) is 14.1. The average molecular weight is 1180 g/mol. The van der Waals surface area contributed by atoms with E-state index < -0.39 is 106 Å². The molecular formula is C66H88N10O10. The molecule has 0 spiro atoms. The summed E-state index contributed by atoms with van der Waals surface area (Å²) in [4.78, 5) is 118. The zero-order valence-electron chi connectivity index (χ0n) is 50.1. The van der Waals surface area contributed by atoms with E-state index in [1.807, 2.05) is 72.8 Å². The number of fused-ring (bicyclic) bond motifs is 2. The van der Waals surface area contributed by atoms with Crippen LogP contribution in [0, 0.1) is 11.8 Å². The molecule has 0 unspecified atom stereocenters. The van der Waals surface area contributed by atoms with Crippen LogP contribution in [0.2, 0.25) is 0 Å². The standard InChI is InChI=1S/C66H88N10O10/c1-43(67-3)57(79)71-55-45(41-77)31-33-51-35-37-53(75(51)61(55)83)59(81)73-65(47-23-13-9-14-24-47,48-25-15-10-16-26-48)63(85)69-39-21-7-5-6-8-22-40-70-64(86)66(49-27-17-11-18-28-49,50-29-19-12-20-30-50)74-60(82)54-38-36-52-34-32-46(42-78)56(62(84)76(52)54)72-58(80)44(2)68-4/h9-20,23-30,43-46,51-56,67-68,77-78H,5-8,21-22,31-42H2,1-4H3,(H,69,85)(H,70,86)(H,71,79)(H,72,80)(H,73,81)(H,74,82)/t43-,44-,45+,46+,51-,52-,53-,54-,55-,56-/m0/s1. The molecule has 4 fully saturated rings. The predicted molar refractivity (Wildman–Crippen MR) is 325 cm³/mol. The van der Waals surface area contributed by atoms with Gasteiger partial charge in [0.05, 0.1) is 12.1 Å². The maximum absolute atomic E-state index is 15.0. The third-order valence-electron chi connectivity index (χ3n) is 18.4. The molecule has 0 aromatic heterocycles. The van der Waals surface area contributed by atoms with Gasteiger partial charge >= 0.3 is 0 Å². The molecule has 4 saturated heterocycles. The Morgan fingerprint density at radius 2 is 0.767 bits per heavy atom. The van der Waals surface area contributed by atoms with Crippen LogP contribution >= 0.6 is 0 Å². The van der Waals surface area contributed by atoms with Crippen molar-refractivity contribution in [2.24, 2.45) is 11.8 Å². The van der Waals surface area contributed by atoms with Crippen LogP contribution in [0.25, 0.3) is 0 Å². The maximum atomic E-state index is 15.0. The maximum Gasteiger partial charge on any atom is 0.255 e. The number of nitrogens with zero attached hydrogens (tertiary/aromatic N) is 2. The first-order chi connectivity index (χ1) is 41.6. The molecule has 4 heterocycles. The van der Waals surface area contributed by atoms with Gasteiger partial charge in [-0.2, -0.15) is 0 Å². The van der Waals surface area contributed by atoms with Gasteiger partial charge in [0.2, 0.25) is 35.4 Å². The Hall–Kier alpha value is -7.52. The summed E-state index contributed by atoms with van der Waals surface area (Å²) in [5.41, 5.74) is -1.25. The molecule has 8 amide bonds. The van der Waals surface area contributed by atoms with Crippen molar-refractivity contribution < 1.29 is 48.6 Å². The van der Waals surface area contributed by atoms with Gasteiger partial charge in [0.25, 0.3) is 11.8 Å². The van der Waals surface area contributed by atoms with E-state index in [0.717, 1.165) is 25.7 Å². The summed E-state index contributed by atoms with van der Waals surface area (Å²) < 4.78 is 0. The van der Waals surface area contributed by atoms with Crippen molar-refractivity contribution in [2.75, 3.05) is 40.4 Å². The minimum atomic E-state index is -1.69. The first kappa shape index (κ1) is 64.5. The lowest BCUT2D eigenvalue weighted by Crippen LogP contribution is -2.62. The molecule has 4 aliphatic heterocycles. The first-order valence-electron chi connectivity index (χ1n) is 30.9. The number of aliphatic hydroxyl groups excluding tert-OH is 2. The molecule has 20 nitrogen and oxygen atoms in total. The van der Waals surface area contributed by atoms with E-state index in [4.69, 9.17) is 0 Å². The number of nitrogens with one attached hydrogen (secondary N) is 8. The number of amides is 8. The van der Waals surface area contributed by atoms with Crippen LogP contribution in [0.4, 0.5) is 0 Å². The van der Waals surface area contributed by atoms with E-state index >= 15 is 0 Å². The Labute approximate surface area is 505 Å². The summed E-state index contributed by atoms with van der Waals surface area (Å²) in [6.45, 7) is 3.36. The molecule has 86 heavy (non-hydrogen) atoms. The van der Waals surface area contributed by atoms with Crippen LogP contribution in [-0.4, -0.2) is 156 Å². The van der Waals surface area contributed by atoms with Crippen molar-refractivity contribution in [2.45, 2.75) is 163 Å². The van der Waals surface area contributed by atoms with Crippen LogP contribution in [0.1, 0.15) is 126 Å². The van der Waals surface area contributed by atoms with Crippen LogP contribution in [0.3, 0.4) is 0 Å². The molecule has 462 valence electrons. The van der Waals surface area contributed by atoms with Gasteiger partial charge in [-0.05, 0) is 114 Å². The van der Waals surface area contributed by atoms with Crippen molar-refractivity contribution in [3.63, 3.8) is 0 Å². The predicted octanol–water partition coefficient (Wildman–Crippen LogP) is 3.39. The van der Waals surface area contributed by atoms with Crippen molar-refractivity contribution in [1.82, 2.24) is 52.3 Å². The molecule has 0 saturated carbocycles. The SMILES string of the molecule is CN[C@@H](C)C(=O)N[C@@H]1C(=O)N2[C@@H](CC[C@@H]1CO)CC[C@H]2C(=O)NC(C(=O)NCCCCCCCCNC(=O)C(NC(=O)[C@@H]1CC[C@@H]2CC[C@H](CO)[C@H](NC(=O)[C@H](C)NC)C(=O)N21)(c1ccccc1)c1ccccc1)(c1ccccc1)c1ccccc1. The Kier molecular flexibility index (Phi) is 22.6. The number of benzene rings is 4. The van der Waals surface area contributed by atoms with E-state index in [1.165, 1.54) is 0 Å². The minimum absolute atomic E-state index is 0.288. The summed E-state index contributed by atoms with van der Waals surface area (Å²) >= 11 is 0. The number of carbonyl (C=O) groups is 8. The molecule has 4 aromatic carbocycles. The molecule has 4 aromatic rings. The Morgan fingerprint density at radius 3 is 1.07 bits per heavy atom. The second kappa shape index (κ2) is 30.2. The van der Waals surface area contributed by atoms with E-state index in [-0.39, 0.29) is 25.3 Å². The monoisotopic (exact) mass is 1180 g/mol. The number of carbonyl (C=O) groups excluding carboxylic acids is 8. The van der Waals surface area contributed by atoms with Crippen LogP contribution < -0.4 is 42.5 Å². The number of hydrogen-bond acceptors (Lipinski definition) is 12. The third-order valence-corrected chi connectivity index (χ3v) is 18.4. The Morgan fingerprint density at radius 1 is 0.465 bits per heavy atom. The Balaban J connectivity index is 0.896. The molecule has 0 aliphatic carbocycles. The molecule has 10 atom stereocenters. The van der Waals surface area contributed by atoms with Gasteiger partial charge in [0.15, 0.2) is 11.1 Å². The number of rotatable bonds is 27. The Bertz CT molecular complexity index is 2660. The van der Waals surface area contributed by atoms with E-state index in [9.17, 15) is 48.6 Å². The van der Waals surface area contributed by atoms with E-state index in [0.29, 0.717) is 99.6 Å². The zero-order valence-corrected chi connectivity index (χ0v) is 50.1. The number of unbranched alkanes of at least 4 members (excludes halogenated alkanes) is 5. The van der Waals surface area contributed by atoms with Gasteiger partial charge in [-0.3, -0.25) is 38.4 Å². The molecule has 0 radical (unpaired) electrons. The van der Waals surface area contributed by atoms with Gasteiger partial charge in [-0.15, -0.1) is 0 Å². The van der Waals surface area contributed by atoms with Gasteiger partial charge in [-0.1, -0.05) is 147 Å². The summed E-state index contributed by atoms with van der Waals surface area (Å²) in [6, 6.07) is 30.5. The van der Waals surface area contributed by atoms with E-state index in [2.05, 4.69) is 42.5 Å². The fourth-order valence-electron chi connectivity index (χ4n) is 13.1. The largest absolute Gasteiger partial charge is 0.396 e. The van der Waals surface area contributed by atoms with Crippen LogP contribution in [0.5, 0.6) is 0 Å². The summed E-state index contributed by atoms with van der Waals surface area (Å²) in [6.07, 6.45) is 8.38. The molecule has 0 bridgehead atoms. The van der Waals surface area contributed by atoms with Gasteiger partial charge in [0, 0.05) is 50.2 Å². The fourth-order valence-corrected chi connectivity index (χ4v) is 13.1. The molecule has 8 rings (SSSR count). The molecule has 20 heteroatoms. The van der Waals surface area contributed by atoms with Gasteiger partial charge in [-0.25, -0.2) is 0 Å². The quantitative estimate of drug-likeness (QED) is 0.0385. The smallest absolute Gasteiger partial charge is 0.255 e. The van der Waals surface area contributed by atoms with E-state index in [1.54, 1.807) is 86.3 Å². The topological polar surface area (TPSA) is 280 Å². The highest BCUT2D eigenvalue weighted by Gasteiger charge is 2.53. The summed E-state index contributed by atoms with van der Waals surface area (Å²) in [5.74, 6) is -4.60. The van der Waals surface area contributed by atoms with Gasteiger partial charge < -0.3 is 62.5 Å². The number of aliphatic hydroxyl groups is 2. The fraction of sp³-hybridized carbons (Fsp3) is 0.515. The van der Waals surface area contributed by atoms with Crippen molar-refractivity contribution in [3.8, 4) is 0 Å². The summed E-state index contributed by atoms with van der Waals surface area (Å²) in [5, 5.41) is 44.9. The van der Waals surface area contributed by atoms with Crippen molar-refractivity contribution in [3.05, 3.63) is 144 Å². The lowest BCUT2D eigenvalue weighted by Gasteiger charge is -2.37. The second-order valence-electron chi connectivity index (χ2n) is 23.6. The van der Waals surface area contributed by atoms with Crippen LogP contribution in [-0.2, 0) is 49.4 Å². The summed E-state index contributed by atoms with van der Waals surface area (Å²) in [7, 11) is 3.29. The molecular weight excluding hydrogens is 1090 g/mol. The average Bonchev–Trinajstić information content (AvgIpc) is 3.66. The van der Waals surface area contributed by atoms with Crippen LogP contribution in [0.15, 0.2) is 121 Å². The normalized spacial score (nSPS) is 22.9. The highest BCUT2D eigenvalue weighted by atomic mass is 16.3. The zero-order chi connectivity index (χ0) is 61.4. The highest BCUT2D eigenvalue weighted by molar-refractivity contribution is 6.01. The highest BCUT2D eigenvalue weighted by Crippen LogP contribution is 2.39. The number of hydrogen-bond donors (Lipinski definition) is 10. The molecule has 4 aliphatic rings. The van der Waals surface area contributed by atoms with Crippen molar-refractivity contribution >= 4 is 47.3 Å².